The van der Waals surface area contributed by atoms with Crippen LogP contribution in [-0.2, 0) is 10.8 Å². The molecule has 0 bridgehead atoms. The van der Waals surface area contributed by atoms with Crippen molar-refractivity contribution < 1.29 is 13.4 Å². The van der Waals surface area contributed by atoms with E-state index < -0.39 is 22.2 Å². The zero-order chi connectivity index (χ0) is 13.3. The van der Waals surface area contributed by atoms with Gasteiger partial charge in [0.2, 0.25) is 0 Å². The van der Waals surface area contributed by atoms with Crippen LogP contribution in [0.4, 0.5) is 4.39 Å². The van der Waals surface area contributed by atoms with Crippen molar-refractivity contribution in [1.29, 1.82) is 0 Å². The summed E-state index contributed by atoms with van der Waals surface area (Å²) in [6.07, 6.45) is 2.42. The molecule has 0 unspecified atom stereocenters. The average Bonchev–Trinajstić information content (AvgIpc) is 2.27. The van der Waals surface area contributed by atoms with Crippen LogP contribution in [0.3, 0.4) is 0 Å². The largest absolute Gasteiger partial charge is 0.332 e. The second-order valence-corrected chi connectivity index (χ2v) is 6.49. The van der Waals surface area contributed by atoms with Gasteiger partial charge >= 0.3 is 0 Å². The van der Waals surface area contributed by atoms with E-state index >= 15 is 0 Å². The third kappa shape index (κ3) is 2.43. The quantitative estimate of drug-likeness (QED) is 0.770. The lowest BCUT2D eigenvalue weighted by molar-refractivity contribution is 0.0589. The molecule has 2 heterocycles. The van der Waals surface area contributed by atoms with Crippen molar-refractivity contribution in [3.63, 3.8) is 0 Å². The van der Waals surface area contributed by atoms with Gasteiger partial charge < -0.3 is 4.90 Å². The van der Waals surface area contributed by atoms with E-state index in [9.17, 15) is 13.4 Å². The molecule has 4 nitrogen and oxygen atoms in total. The van der Waals surface area contributed by atoms with E-state index in [0.29, 0.717) is 18.1 Å². The van der Waals surface area contributed by atoms with Gasteiger partial charge in [-0.05, 0) is 19.9 Å². The molecule has 98 valence electrons. The monoisotopic (exact) mass is 270 g/mol. The van der Waals surface area contributed by atoms with Gasteiger partial charge in [0.15, 0.2) is 5.82 Å². The highest BCUT2D eigenvalue weighted by atomic mass is 32.2. The number of carbonyl (C=O) groups is 1. The van der Waals surface area contributed by atoms with Crippen molar-refractivity contribution in [2.24, 2.45) is 0 Å². The van der Waals surface area contributed by atoms with Crippen LogP contribution in [-0.4, -0.2) is 43.6 Å². The Kier molecular flexibility index (Phi) is 3.47. The summed E-state index contributed by atoms with van der Waals surface area (Å²) in [4.78, 5) is 17.5. The number of pyridine rings is 1. The Morgan fingerprint density at radius 1 is 1.56 bits per heavy atom. The van der Waals surface area contributed by atoms with Crippen LogP contribution in [0.2, 0.25) is 0 Å². The van der Waals surface area contributed by atoms with Crippen LogP contribution in [0.15, 0.2) is 18.5 Å². The standard InChI is InChI=1S/C12H15FN2O2S/c1-12(2)8-18(17)6-5-15(12)11(16)9-3-4-14-7-10(9)13/h3-4,7H,5-6,8H2,1-2H3/t18-/m1/s1. The molecule has 0 radical (unpaired) electrons. The van der Waals surface area contributed by atoms with Crippen LogP contribution in [0.25, 0.3) is 0 Å². The molecule has 2 rings (SSSR count). The first-order valence-electron chi connectivity index (χ1n) is 5.68. The van der Waals surface area contributed by atoms with Crippen molar-refractivity contribution >= 4 is 16.7 Å². The van der Waals surface area contributed by atoms with Crippen LogP contribution < -0.4 is 0 Å². The van der Waals surface area contributed by atoms with E-state index in [4.69, 9.17) is 0 Å². The van der Waals surface area contributed by atoms with Crippen molar-refractivity contribution in [3.8, 4) is 0 Å². The fourth-order valence-electron chi connectivity index (χ4n) is 2.11. The van der Waals surface area contributed by atoms with Gasteiger partial charge in [0.1, 0.15) is 0 Å². The van der Waals surface area contributed by atoms with Crippen molar-refractivity contribution in [1.82, 2.24) is 9.88 Å². The van der Waals surface area contributed by atoms with E-state index in [0.717, 1.165) is 6.20 Å². The van der Waals surface area contributed by atoms with Gasteiger partial charge in [-0.2, -0.15) is 0 Å². The zero-order valence-corrected chi connectivity index (χ0v) is 11.2. The number of hydrogen-bond acceptors (Lipinski definition) is 3. The van der Waals surface area contributed by atoms with E-state index in [2.05, 4.69) is 4.98 Å². The van der Waals surface area contributed by atoms with E-state index in [1.807, 2.05) is 13.8 Å². The molecule has 18 heavy (non-hydrogen) atoms. The number of carbonyl (C=O) groups excluding carboxylic acids is 1. The second kappa shape index (κ2) is 4.76. The molecule has 0 saturated carbocycles. The summed E-state index contributed by atoms with van der Waals surface area (Å²) >= 11 is 0. The highest BCUT2D eigenvalue weighted by Crippen LogP contribution is 2.23. The van der Waals surface area contributed by atoms with E-state index in [-0.39, 0.29) is 11.5 Å². The van der Waals surface area contributed by atoms with Crippen LogP contribution in [0.1, 0.15) is 24.2 Å². The molecule has 1 aromatic heterocycles. The number of nitrogens with zero attached hydrogens (tertiary/aromatic N) is 2. The average molecular weight is 270 g/mol. The number of halogens is 1. The Bertz CT molecular complexity index is 505. The lowest BCUT2D eigenvalue weighted by atomic mass is 10.0. The number of hydrogen-bond donors (Lipinski definition) is 0. The van der Waals surface area contributed by atoms with Crippen LogP contribution in [0, 0.1) is 5.82 Å². The predicted molar refractivity (Wildman–Crippen MR) is 67.2 cm³/mol. The minimum absolute atomic E-state index is 0.0192. The molecule has 1 saturated heterocycles. The Balaban J connectivity index is 2.29. The summed E-state index contributed by atoms with van der Waals surface area (Å²) in [5.41, 5.74) is -0.499. The maximum atomic E-state index is 13.6. The molecule has 0 aromatic carbocycles. The highest BCUT2D eigenvalue weighted by molar-refractivity contribution is 7.85. The molecule has 0 aliphatic carbocycles. The summed E-state index contributed by atoms with van der Waals surface area (Å²) < 4.78 is 25.1. The van der Waals surface area contributed by atoms with Crippen molar-refractivity contribution in [2.75, 3.05) is 18.1 Å². The lowest BCUT2D eigenvalue weighted by Crippen LogP contribution is -2.56. The smallest absolute Gasteiger partial charge is 0.257 e. The topological polar surface area (TPSA) is 50.3 Å². The Labute approximate surface area is 108 Å². The van der Waals surface area contributed by atoms with E-state index in [1.54, 1.807) is 4.90 Å². The van der Waals surface area contributed by atoms with Gasteiger partial charge in [0, 0.05) is 40.6 Å². The minimum Gasteiger partial charge on any atom is -0.332 e. The lowest BCUT2D eigenvalue weighted by Gasteiger charge is -2.41. The maximum absolute atomic E-state index is 13.6. The molecule has 1 aliphatic rings. The molecule has 1 fully saturated rings. The summed E-state index contributed by atoms with van der Waals surface area (Å²) in [6, 6.07) is 1.37. The first-order valence-corrected chi connectivity index (χ1v) is 7.17. The number of rotatable bonds is 1. The number of aromatic nitrogens is 1. The Hall–Kier alpha value is -1.30. The molecule has 6 heteroatoms. The van der Waals surface area contributed by atoms with Gasteiger partial charge in [-0.1, -0.05) is 0 Å². The fourth-order valence-corrected chi connectivity index (χ4v) is 3.58. The van der Waals surface area contributed by atoms with Gasteiger partial charge in [-0.15, -0.1) is 0 Å². The second-order valence-electron chi connectivity index (χ2n) is 4.91. The molecular weight excluding hydrogens is 255 g/mol. The first kappa shape index (κ1) is 13.1. The fraction of sp³-hybridized carbons (Fsp3) is 0.500. The van der Waals surface area contributed by atoms with Gasteiger partial charge in [0.25, 0.3) is 5.91 Å². The Morgan fingerprint density at radius 3 is 2.89 bits per heavy atom. The third-order valence-corrected chi connectivity index (χ3v) is 4.70. The molecule has 0 spiro atoms. The van der Waals surface area contributed by atoms with Gasteiger partial charge in [-0.3, -0.25) is 14.0 Å². The SMILES string of the molecule is CC1(C)C[S@](=O)CCN1C(=O)c1ccncc1F. The van der Waals surface area contributed by atoms with Crippen molar-refractivity contribution in [3.05, 3.63) is 29.8 Å². The molecule has 1 aromatic rings. The van der Waals surface area contributed by atoms with Gasteiger partial charge in [-0.25, -0.2) is 4.39 Å². The number of amides is 1. The first-order chi connectivity index (χ1) is 8.42. The Morgan fingerprint density at radius 2 is 2.28 bits per heavy atom. The predicted octanol–water partition coefficient (Wildman–Crippen LogP) is 1.20. The normalized spacial score (nSPS) is 22.8. The van der Waals surface area contributed by atoms with Crippen molar-refractivity contribution in [2.45, 2.75) is 19.4 Å². The molecule has 1 aliphatic heterocycles. The molecule has 1 amide bonds. The minimum atomic E-state index is -0.909. The summed E-state index contributed by atoms with van der Waals surface area (Å²) in [7, 11) is -0.909. The van der Waals surface area contributed by atoms with Gasteiger partial charge in [0.05, 0.1) is 11.8 Å². The summed E-state index contributed by atoms with van der Waals surface area (Å²) in [5, 5.41) is 0. The third-order valence-electron chi connectivity index (χ3n) is 3.04. The highest BCUT2D eigenvalue weighted by Gasteiger charge is 2.37. The maximum Gasteiger partial charge on any atom is 0.257 e. The summed E-state index contributed by atoms with van der Waals surface area (Å²) in [5.74, 6) is -0.116. The molecule has 1 atom stereocenters. The van der Waals surface area contributed by atoms with Crippen LogP contribution >= 0.6 is 0 Å². The van der Waals surface area contributed by atoms with Crippen LogP contribution in [0.5, 0.6) is 0 Å². The summed E-state index contributed by atoms with van der Waals surface area (Å²) in [6.45, 7) is 4.09. The molecule has 0 N–H and O–H groups in total. The zero-order valence-electron chi connectivity index (χ0n) is 10.4. The molecular formula is C12H15FN2O2S. The van der Waals surface area contributed by atoms with E-state index in [1.165, 1.54) is 12.3 Å².